The summed E-state index contributed by atoms with van der Waals surface area (Å²) in [5, 5.41) is 2.23. The molecule has 6 nitrogen and oxygen atoms in total. The van der Waals surface area contributed by atoms with E-state index in [0.717, 1.165) is 6.07 Å². The van der Waals surface area contributed by atoms with Crippen LogP contribution >= 0.6 is 11.6 Å². The lowest BCUT2D eigenvalue weighted by Gasteiger charge is -2.22. The SMILES string of the molecule is C[C@H](C(=O)Nc1ccc(F)c(Cl)c1)N1C(=O)c2ccccc2S1(=O)=O. The Bertz CT molecular complexity index is 993. The largest absolute Gasteiger partial charge is 0.324 e. The van der Waals surface area contributed by atoms with Crippen LogP contribution in [0.2, 0.25) is 5.02 Å². The molecule has 130 valence electrons. The number of hydrogen-bond acceptors (Lipinski definition) is 4. The second-order valence-electron chi connectivity index (χ2n) is 5.40. The van der Waals surface area contributed by atoms with Gasteiger partial charge in [0.1, 0.15) is 16.8 Å². The number of halogens is 2. The van der Waals surface area contributed by atoms with E-state index in [2.05, 4.69) is 5.32 Å². The molecular formula is C16H12ClFN2O4S. The van der Waals surface area contributed by atoms with Gasteiger partial charge in [-0.15, -0.1) is 0 Å². The van der Waals surface area contributed by atoms with Crippen LogP contribution in [0.4, 0.5) is 10.1 Å². The van der Waals surface area contributed by atoms with Gasteiger partial charge in [-0.3, -0.25) is 9.59 Å². The first-order valence-electron chi connectivity index (χ1n) is 7.17. The minimum absolute atomic E-state index is 0.0203. The molecule has 0 saturated carbocycles. The zero-order valence-corrected chi connectivity index (χ0v) is 14.4. The van der Waals surface area contributed by atoms with E-state index in [-0.39, 0.29) is 21.2 Å². The van der Waals surface area contributed by atoms with Gasteiger partial charge in [-0.1, -0.05) is 23.7 Å². The predicted molar refractivity (Wildman–Crippen MR) is 89.3 cm³/mol. The number of nitrogens with one attached hydrogen (secondary N) is 1. The Morgan fingerprint density at radius 1 is 1.24 bits per heavy atom. The zero-order valence-electron chi connectivity index (χ0n) is 12.9. The first-order chi connectivity index (χ1) is 11.7. The van der Waals surface area contributed by atoms with Gasteiger partial charge in [-0.25, -0.2) is 17.1 Å². The summed E-state index contributed by atoms with van der Waals surface area (Å²) in [6.45, 7) is 1.29. The molecule has 25 heavy (non-hydrogen) atoms. The fraction of sp³-hybridized carbons (Fsp3) is 0.125. The van der Waals surface area contributed by atoms with Gasteiger partial charge in [0.05, 0.1) is 10.6 Å². The standard InChI is InChI=1S/C16H12ClFN2O4S/c1-9(15(21)19-10-6-7-13(18)12(17)8-10)20-16(22)11-4-2-3-5-14(11)25(20,23)24/h2-9H,1H3,(H,19,21)/t9-/m1/s1. The zero-order chi connectivity index (χ0) is 18.4. The molecule has 0 fully saturated rings. The van der Waals surface area contributed by atoms with E-state index < -0.39 is 33.7 Å². The lowest BCUT2D eigenvalue weighted by molar-refractivity contribution is -0.118. The van der Waals surface area contributed by atoms with Crippen LogP contribution in [-0.4, -0.2) is 30.6 Å². The van der Waals surface area contributed by atoms with Crippen LogP contribution in [0.3, 0.4) is 0 Å². The van der Waals surface area contributed by atoms with Crippen molar-refractivity contribution in [3.05, 3.63) is 58.9 Å². The molecule has 2 aromatic rings. The van der Waals surface area contributed by atoms with Crippen LogP contribution in [0.15, 0.2) is 47.4 Å². The molecule has 3 rings (SSSR count). The number of amides is 2. The van der Waals surface area contributed by atoms with Crippen molar-refractivity contribution in [2.45, 2.75) is 17.9 Å². The lowest BCUT2D eigenvalue weighted by Crippen LogP contribution is -2.45. The summed E-state index contributed by atoms with van der Waals surface area (Å²) < 4.78 is 38.8. The van der Waals surface area contributed by atoms with Gasteiger partial charge in [-0.2, -0.15) is 0 Å². The van der Waals surface area contributed by atoms with E-state index in [0.29, 0.717) is 4.31 Å². The molecule has 0 radical (unpaired) electrons. The molecule has 1 atom stereocenters. The topological polar surface area (TPSA) is 83.6 Å². The van der Waals surface area contributed by atoms with Crippen molar-refractivity contribution < 1.29 is 22.4 Å². The van der Waals surface area contributed by atoms with Gasteiger partial charge in [-0.05, 0) is 37.3 Å². The van der Waals surface area contributed by atoms with Gasteiger partial charge >= 0.3 is 0 Å². The van der Waals surface area contributed by atoms with E-state index in [1.165, 1.54) is 37.3 Å². The van der Waals surface area contributed by atoms with Crippen LogP contribution in [0.5, 0.6) is 0 Å². The average molecular weight is 383 g/mol. The first kappa shape index (κ1) is 17.4. The molecule has 1 heterocycles. The maximum atomic E-state index is 13.2. The number of anilines is 1. The maximum Gasteiger partial charge on any atom is 0.269 e. The fourth-order valence-corrected chi connectivity index (χ4v) is 4.42. The molecule has 2 amide bonds. The van der Waals surface area contributed by atoms with Crippen molar-refractivity contribution in [2.24, 2.45) is 0 Å². The number of benzene rings is 2. The van der Waals surface area contributed by atoms with Crippen LogP contribution in [0, 0.1) is 5.82 Å². The maximum absolute atomic E-state index is 13.2. The highest BCUT2D eigenvalue weighted by molar-refractivity contribution is 7.90. The van der Waals surface area contributed by atoms with Crippen LogP contribution in [0.1, 0.15) is 17.3 Å². The van der Waals surface area contributed by atoms with Crippen LogP contribution in [0.25, 0.3) is 0 Å². The summed E-state index contributed by atoms with van der Waals surface area (Å²) in [6.07, 6.45) is 0. The molecule has 0 spiro atoms. The summed E-state index contributed by atoms with van der Waals surface area (Å²) in [6, 6.07) is 7.98. The number of carbonyl (C=O) groups is 2. The minimum atomic E-state index is -4.11. The molecule has 0 aliphatic carbocycles. The van der Waals surface area contributed by atoms with E-state index in [9.17, 15) is 22.4 Å². The second-order valence-corrected chi connectivity index (χ2v) is 7.59. The van der Waals surface area contributed by atoms with Crippen molar-refractivity contribution in [3.8, 4) is 0 Å². The Labute approximate surface area is 148 Å². The molecule has 1 aliphatic rings. The molecule has 1 N–H and O–H groups in total. The summed E-state index contributed by atoms with van der Waals surface area (Å²) in [5.41, 5.74) is 0.205. The summed E-state index contributed by atoms with van der Waals surface area (Å²) >= 11 is 5.65. The number of nitrogens with zero attached hydrogens (tertiary/aromatic N) is 1. The first-order valence-corrected chi connectivity index (χ1v) is 8.99. The van der Waals surface area contributed by atoms with Crippen molar-refractivity contribution >= 4 is 39.1 Å². The van der Waals surface area contributed by atoms with Gasteiger partial charge < -0.3 is 5.32 Å². The van der Waals surface area contributed by atoms with Crippen LogP contribution in [-0.2, 0) is 14.8 Å². The molecule has 9 heteroatoms. The smallest absolute Gasteiger partial charge is 0.269 e. The number of carbonyl (C=O) groups excluding carboxylic acids is 2. The average Bonchev–Trinajstić information content (AvgIpc) is 2.77. The van der Waals surface area contributed by atoms with Crippen molar-refractivity contribution in [2.75, 3.05) is 5.32 Å². The van der Waals surface area contributed by atoms with Gasteiger partial charge in [0, 0.05) is 5.69 Å². The monoisotopic (exact) mass is 382 g/mol. The third kappa shape index (κ3) is 2.87. The number of rotatable bonds is 3. The summed E-state index contributed by atoms with van der Waals surface area (Å²) in [7, 11) is -4.11. The van der Waals surface area contributed by atoms with E-state index in [4.69, 9.17) is 11.6 Å². The Morgan fingerprint density at radius 3 is 2.56 bits per heavy atom. The molecule has 0 saturated heterocycles. The Balaban J connectivity index is 1.88. The highest BCUT2D eigenvalue weighted by Crippen LogP contribution is 2.32. The second kappa shape index (κ2) is 6.12. The van der Waals surface area contributed by atoms with E-state index >= 15 is 0 Å². The van der Waals surface area contributed by atoms with Gasteiger partial charge in [0.2, 0.25) is 5.91 Å². The molecule has 0 aromatic heterocycles. The van der Waals surface area contributed by atoms with Gasteiger partial charge in [0.25, 0.3) is 15.9 Å². The summed E-state index contributed by atoms with van der Waals surface area (Å²) in [4.78, 5) is 24.6. The van der Waals surface area contributed by atoms with Gasteiger partial charge in [0.15, 0.2) is 0 Å². The molecule has 2 aromatic carbocycles. The number of sulfonamides is 1. The lowest BCUT2D eigenvalue weighted by atomic mass is 10.2. The third-order valence-corrected chi connectivity index (χ3v) is 5.97. The van der Waals surface area contributed by atoms with E-state index in [1.54, 1.807) is 6.07 Å². The quantitative estimate of drug-likeness (QED) is 0.884. The Morgan fingerprint density at radius 2 is 1.92 bits per heavy atom. The Kier molecular flexibility index (Phi) is 4.26. The molecule has 0 bridgehead atoms. The third-order valence-electron chi connectivity index (χ3n) is 3.77. The minimum Gasteiger partial charge on any atom is -0.324 e. The predicted octanol–water partition coefficient (Wildman–Crippen LogP) is 2.65. The highest BCUT2D eigenvalue weighted by atomic mass is 35.5. The van der Waals surface area contributed by atoms with Crippen molar-refractivity contribution in [3.63, 3.8) is 0 Å². The highest BCUT2D eigenvalue weighted by Gasteiger charge is 2.45. The molecule has 0 unspecified atom stereocenters. The fourth-order valence-electron chi connectivity index (χ4n) is 2.51. The summed E-state index contributed by atoms with van der Waals surface area (Å²) in [5.74, 6) is -2.16. The Hall–Kier alpha value is -2.45. The van der Waals surface area contributed by atoms with Crippen molar-refractivity contribution in [1.82, 2.24) is 4.31 Å². The van der Waals surface area contributed by atoms with E-state index in [1.807, 2.05) is 0 Å². The number of fused-ring (bicyclic) bond motifs is 1. The van der Waals surface area contributed by atoms with Crippen molar-refractivity contribution in [1.29, 1.82) is 0 Å². The molecular weight excluding hydrogens is 371 g/mol. The number of hydrogen-bond donors (Lipinski definition) is 1. The van der Waals surface area contributed by atoms with Crippen LogP contribution < -0.4 is 5.32 Å². The normalized spacial score (nSPS) is 16.4. The molecule has 1 aliphatic heterocycles.